The molecule has 21 heavy (non-hydrogen) atoms. The first-order valence-corrected chi connectivity index (χ1v) is 7.30. The molecule has 0 spiro atoms. The van der Waals surface area contributed by atoms with E-state index in [0.29, 0.717) is 19.6 Å². The van der Waals surface area contributed by atoms with Gasteiger partial charge in [-0.3, -0.25) is 9.59 Å². The Labute approximate surface area is 124 Å². The molecule has 7 heteroatoms. The highest BCUT2D eigenvalue weighted by molar-refractivity contribution is 5.90. The van der Waals surface area contributed by atoms with E-state index in [1.165, 1.54) is 12.0 Å². The van der Waals surface area contributed by atoms with E-state index in [2.05, 4.69) is 4.74 Å². The first kappa shape index (κ1) is 17.4. The van der Waals surface area contributed by atoms with Gasteiger partial charge in [-0.05, 0) is 19.3 Å². The van der Waals surface area contributed by atoms with Crippen LogP contribution in [0.15, 0.2) is 0 Å². The molecular weight excluding hydrogens is 276 g/mol. The van der Waals surface area contributed by atoms with Crippen molar-refractivity contribution in [3.63, 3.8) is 0 Å². The number of carbonyl (C=O) groups excluding carboxylic acids is 3. The van der Waals surface area contributed by atoms with E-state index in [4.69, 9.17) is 10.5 Å². The fourth-order valence-corrected chi connectivity index (χ4v) is 2.28. The third kappa shape index (κ3) is 5.00. The maximum absolute atomic E-state index is 12.2. The minimum atomic E-state index is -0.982. The molecule has 0 aliphatic carbocycles. The van der Waals surface area contributed by atoms with Crippen LogP contribution < -0.4 is 5.73 Å². The Kier molecular flexibility index (Phi) is 7.14. The summed E-state index contributed by atoms with van der Waals surface area (Å²) in [4.78, 5) is 36.8. The molecule has 1 heterocycles. The van der Waals surface area contributed by atoms with Crippen LogP contribution in [0, 0.1) is 0 Å². The number of unbranched alkanes of at least 4 members (excludes halogenated alkanes) is 1. The number of hydrogen-bond donors (Lipinski definition) is 1. The average Bonchev–Trinajstić information content (AvgIpc) is 2.95. The normalized spacial score (nSPS) is 19.2. The maximum atomic E-state index is 12.2. The second-order valence-electron chi connectivity index (χ2n) is 5.10. The number of carbonyl (C=O) groups is 3. The first-order valence-electron chi connectivity index (χ1n) is 7.30. The van der Waals surface area contributed by atoms with Gasteiger partial charge in [0.2, 0.25) is 5.91 Å². The van der Waals surface area contributed by atoms with Crippen molar-refractivity contribution in [2.24, 2.45) is 5.73 Å². The molecule has 2 atom stereocenters. The molecule has 1 fully saturated rings. The highest BCUT2D eigenvalue weighted by Crippen LogP contribution is 2.19. The van der Waals surface area contributed by atoms with Crippen LogP contribution in [0.2, 0.25) is 0 Å². The van der Waals surface area contributed by atoms with E-state index >= 15 is 0 Å². The average molecular weight is 300 g/mol. The van der Waals surface area contributed by atoms with E-state index in [0.717, 1.165) is 19.3 Å². The zero-order valence-electron chi connectivity index (χ0n) is 12.7. The van der Waals surface area contributed by atoms with Crippen molar-refractivity contribution < 1.29 is 23.9 Å². The molecule has 0 saturated carbocycles. The standard InChI is InChI=1S/C14H24N2O5/c1-3-4-8-21-12(17)9-10(15)13(18)16-7-5-6-11(16)14(19)20-2/h10-11H,3-9,15H2,1-2H3/t10-,11-/m0/s1. The maximum Gasteiger partial charge on any atom is 0.328 e. The van der Waals surface area contributed by atoms with Crippen LogP contribution in [0.3, 0.4) is 0 Å². The quantitative estimate of drug-likeness (QED) is 0.533. The lowest BCUT2D eigenvalue weighted by Gasteiger charge is -2.25. The zero-order valence-corrected chi connectivity index (χ0v) is 12.7. The SMILES string of the molecule is CCCCOC(=O)C[C@H](N)C(=O)N1CCC[C@H]1C(=O)OC. The number of rotatable bonds is 7. The van der Waals surface area contributed by atoms with Gasteiger partial charge in [-0.25, -0.2) is 4.79 Å². The van der Waals surface area contributed by atoms with E-state index in [-0.39, 0.29) is 6.42 Å². The summed E-state index contributed by atoms with van der Waals surface area (Å²) in [5.41, 5.74) is 5.76. The molecule has 0 aromatic rings. The van der Waals surface area contributed by atoms with Crippen molar-refractivity contribution in [1.82, 2.24) is 4.90 Å². The van der Waals surface area contributed by atoms with Crippen LogP contribution in [0.5, 0.6) is 0 Å². The molecule has 1 aliphatic heterocycles. The molecule has 0 unspecified atom stereocenters. The van der Waals surface area contributed by atoms with E-state index in [1.54, 1.807) is 0 Å². The molecule has 1 saturated heterocycles. The second-order valence-corrected chi connectivity index (χ2v) is 5.10. The minimum Gasteiger partial charge on any atom is -0.467 e. The fraction of sp³-hybridized carbons (Fsp3) is 0.786. The van der Waals surface area contributed by atoms with Crippen LogP contribution in [-0.2, 0) is 23.9 Å². The number of methoxy groups -OCH3 is 1. The summed E-state index contributed by atoms with van der Waals surface area (Å²) < 4.78 is 9.66. The molecule has 7 nitrogen and oxygen atoms in total. The van der Waals surface area contributed by atoms with Gasteiger partial charge in [0.15, 0.2) is 0 Å². The van der Waals surface area contributed by atoms with Gasteiger partial charge in [0.25, 0.3) is 0 Å². The van der Waals surface area contributed by atoms with Gasteiger partial charge in [0.05, 0.1) is 26.2 Å². The predicted octanol–water partition coefficient (Wildman–Crippen LogP) is 0.211. The zero-order chi connectivity index (χ0) is 15.8. The summed E-state index contributed by atoms with van der Waals surface area (Å²) in [6, 6.07) is -1.57. The Morgan fingerprint density at radius 2 is 2.10 bits per heavy atom. The highest BCUT2D eigenvalue weighted by Gasteiger charge is 2.37. The third-order valence-electron chi connectivity index (χ3n) is 3.47. The molecule has 1 aliphatic rings. The summed E-state index contributed by atoms with van der Waals surface area (Å²) in [5, 5.41) is 0. The molecule has 1 rings (SSSR count). The summed E-state index contributed by atoms with van der Waals surface area (Å²) in [6.07, 6.45) is 2.82. The van der Waals surface area contributed by atoms with Gasteiger partial charge in [0.1, 0.15) is 6.04 Å². The summed E-state index contributed by atoms with van der Waals surface area (Å²) in [5.74, 6) is -1.34. The first-order chi connectivity index (χ1) is 10.0. The number of ether oxygens (including phenoxy) is 2. The van der Waals surface area contributed by atoms with Crippen molar-refractivity contribution in [1.29, 1.82) is 0 Å². The number of esters is 2. The summed E-state index contributed by atoms with van der Waals surface area (Å²) in [6.45, 7) is 2.78. The molecule has 0 radical (unpaired) electrons. The van der Waals surface area contributed by atoms with Crippen molar-refractivity contribution in [2.75, 3.05) is 20.3 Å². The molecule has 0 aromatic carbocycles. The molecule has 0 aromatic heterocycles. The summed E-state index contributed by atoms with van der Waals surface area (Å²) >= 11 is 0. The molecule has 120 valence electrons. The number of hydrogen-bond acceptors (Lipinski definition) is 6. The lowest BCUT2D eigenvalue weighted by molar-refractivity contribution is -0.152. The van der Waals surface area contributed by atoms with Gasteiger partial charge in [-0.1, -0.05) is 13.3 Å². The number of likely N-dealkylation sites (tertiary alicyclic amines) is 1. The van der Waals surface area contributed by atoms with Crippen molar-refractivity contribution >= 4 is 17.8 Å². The number of nitrogens with two attached hydrogens (primary N) is 1. The van der Waals surface area contributed by atoms with Crippen LogP contribution in [0.25, 0.3) is 0 Å². The third-order valence-corrected chi connectivity index (χ3v) is 3.47. The fourth-order valence-electron chi connectivity index (χ4n) is 2.28. The van der Waals surface area contributed by atoms with Crippen LogP contribution in [0.4, 0.5) is 0 Å². The van der Waals surface area contributed by atoms with E-state index in [1.807, 2.05) is 6.92 Å². The Hall–Kier alpha value is -1.63. The number of amides is 1. The van der Waals surface area contributed by atoms with Crippen molar-refractivity contribution in [3.8, 4) is 0 Å². The van der Waals surface area contributed by atoms with Crippen LogP contribution >= 0.6 is 0 Å². The monoisotopic (exact) mass is 300 g/mol. The summed E-state index contributed by atoms with van der Waals surface area (Å²) in [7, 11) is 1.29. The predicted molar refractivity (Wildman–Crippen MR) is 75.2 cm³/mol. The van der Waals surface area contributed by atoms with Gasteiger partial charge in [-0.2, -0.15) is 0 Å². The van der Waals surface area contributed by atoms with Crippen LogP contribution in [-0.4, -0.2) is 55.1 Å². The van der Waals surface area contributed by atoms with Gasteiger partial charge < -0.3 is 20.1 Å². The highest BCUT2D eigenvalue weighted by atomic mass is 16.5. The van der Waals surface area contributed by atoms with Gasteiger partial charge >= 0.3 is 11.9 Å². The number of nitrogens with zero attached hydrogens (tertiary/aromatic N) is 1. The largest absolute Gasteiger partial charge is 0.467 e. The molecule has 1 amide bonds. The molecule has 2 N–H and O–H groups in total. The molecular formula is C14H24N2O5. The second kappa shape index (κ2) is 8.61. The molecule has 0 bridgehead atoms. The van der Waals surface area contributed by atoms with E-state index < -0.39 is 29.9 Å². The van der Waals surface area contributed by atoms with Crippen molar-refractivity contribution in [3.05, 3.63) is 0 Å². The Bertz CT molecular complexity index is 386. The van der Waals surface area contributed by atoms with Gasteiger partial charge in [0, 0.05) is 6.54 Å². The Morgan fingerprint density at radius 1 is 1.38 bits per heavy atom. The topological polar surface area (TPSA) is 98.9 Å². The smallest absolute Gasteiger partial charge is 0.328 e. The lowest BCUT2D eigenvalue weighted by atomic mass is 10.1. The van der Waals surface area contributed by atoms with Crippen LogP contribution in [0.1, 0.15) is 39.0 Å². The van der Waals surface area contributed by atoms with Gasteiger partial charge in [-0.15, -0.1) is 0 Å². The minimum absolute atomic E-state index is 0.174. The lowest BCUT2D eigenvalue weighted by Crippen LogP contribution is -2.49. The van der Waals surface area contributed by atoms with Crippen molar-refractivity contribution in [2.45, 2.75) is 51.1 Å². The van der Waals surface area contributed by atoms with E-state index in [9.17, 15) is 14.4 Å². The Morgan fingerprint density at radius 3 is 2.71 bits per heavy atom. The Balaban J connectivity index is 2.49.